The Morgan fingerprint density at radius 1 is 1.10 bits per heavy atom. The molecule has 2 nitrogen and oxygen atoms in total. The van der Waals surface area contributed by atoms with E-state index in [1.54, 1.807) is 0 Å². The topological polar surface area (TPSA) is 16.1 Å². The number of likely N-dealkylation sites (N-methyl/N-ethyl adjacent to an activating group) is 1. The Kier molecular flexibility index (Phi) is 8.97. The number of unbranched alkanes of at least 4 members (excludes halogenated alkanes) is 4. The zero-order valence-corrected chi connectivity index (χ0v) is 13.4. The van der Waals surface area contributed by atoms with Crippen LogP contribution in [0.1, 0.15) is 51.6 Å². The molecule has 0 unspecified atom stereocenters. The van der Waals surface area contributed by atoms with Gasteiger partial charge in [0.1, 0.15) is 0 Å². The lowest BCUT2D eigenvalue weighted by atomic mass is 10.1. The summed E-state index contributed by atoms with van der Waals surface area (Å²) in [6.07, 6.45) is 11.9. The van der Waals surface area contributed by atoms with Crippen LogP contribution in [0.5, 0.6) is 0 Å². The summed E-state index contributed by atoms with van der Waals surface area (Å²) in [6, 6.07) is 6.15. The lowest BCUT2D eigenvalue weighted by Gasteiger charge is -2.16. The number of hydrogen-bond donors (Lipinski definition) is 0. The first-order valence-corrected chi connectivity index (χ1v) is 7.90. The van der Waals surface area contributed by atoms with E-state index in [1.807, 2.05) is 12.3 Å². The quantitative estimate of drug-likeness (QED) is 0.462. The van der Waals surface area contributed by atoms with Crippen LogP contribution in [0.2, 0.25) is 0 Å². The Morgan fingerprint density at radius 2 is 1.90 bits per heavy atom. The molecule has 112 valence electrons. The van der Waals surface area contributed by atoms with Gasteiger partial charge >= 0.3 is 0 Å². The monoisotopic (exact) mass is 274 g/mol. The van der Waals surface area contributed by atoms with Crippen LogP contribution in [0.15, 0.2) is 36.0 Å². The number of aromatic nitrogens is 1. The van der Waals surface area contributed by atoms with Gasteiger partial charge in [-0.1, -0.05) is 30.6 Å². The van der Waals surface area contributed by atoms with Crippen LogP contribution < -0.4 is 0 Å². The van der Waals surface area contributed by atoms with Gasteiger partial charge in [-0.3, -0.25) is 4.98 Å². The molecule has 20 heavy (non-hydrogen) atoms. The number of pyridine rings is 1. The lowest BCUT2D eigenvalue weighted by molar-refractivity contribution is 0.327. The molecule has 1 aromatic rings. The summed E-state index contributed by atoms with van der Waals surface area (Å²) in [5.41, 5.74) is 2.64. The minimum atomic E-state index is 1.05. The van der Waals surface area contributed by atoms with Gasteiger partial charge in [0.25, 0.3) is 0 Å². The Bertz CT molecular complexity index is 366. The molecule has 0 atom stereocenters. The first-order valence-electron chi connectivity index (χ1n) is 7.90. The Labute approximate surface area is 124 Å². The van der Waals surface area contributed by atoms with Crippen molar-refractivity contribution in [3.8, 4) is 0 Å². The van der Waals surface area contributed by atoms with Crippen LogP contribution in [0.3, 0.4) is 0 Å². The highest BCUT2D eigenvalue weighted by Gasteiger charge is 2.00. The van der Waals surface area contributed by atoms with Crippen molar-refractivity contribution in [3.63, 3.8) is 0 Å². The fourth-order valence-corrected chi connectivity index (χ4v) is 2.23. The third kappa shape index (κ3) is 8.87. The summed E-state index contributed by atoms with van der Waals surface area (Å²) in [5, 5.41) is 0. The second-order valence-corrected chi connectivity index (χ2v) is 5.86. The maximum Gasteiger partial charge on any atom is 0.0416 e. The number of nitrogens with zero attached hydrogens (tertiary/aromatic N) is 2. The van der Waals surface area contributed by atoms with Crippen molar-refractivity contribution in [2.75, 3.05) is 20.1 Å². The van der Waals surface area contributed by atoms with Crippen molar-refractivity contribution in [3.05, 3.63) is 41.7 Å². The van der Waals surface area contributed by atoms with Crippen molar-refractivity contribution in [1.29, 1.82) is 0 Å². The van der Waals surface area contributed by atoms with E-state index >= 15 is 0 Å². The molecule has 1 rings (SSSR count). The second-order valence-electron chi connectivity index (χ2n) is 5.86. The third-order valence-corrected chi connectivity index (χ3v) is 3.52. The molecule has 0 fully saturated rings. The molecular weight excluding hydrogens is 244 g/mol. The zero-order valence-electron chi connectivity index (χ0n) is 13.4. The Balaban J connectivity index is 1.98. The average Bonchev–Trinajstić information content (AvgIpc) is 2.45. The smallest absolute Gasteiger partial charge is 0.0416 e. The van der Waals surface area contributed by atoms with Crippen LogP contribution >= 0.6 is 0 Å². The molecule has 2 heteroatoms. The molecular formula is C18H30N2. The van der Waals surface area contributed by atoms with Crippen LogP contribution in [0.25, 0.3) is 0 Å². The van der Waals surface area contributed by atoms with Gasteiger partial charge in [0.2, 0.25) is 0 Å². The lowest BCUT2D eigenvalue weighted by Crippen LogP contribution is -2.22. The number of rotatable bonds is 10. The van der Waals surface area contributed by atoms with Gasteiger partial charge in [0, 0.05) is 24.9 Å². The van der Waals surface area contributed by atoms with Crippen molar-refractivity contribution >= 4 is 0 Å². The van der Waals surface area contributed by atoms with E-state index in [-0.39, 0.29) is 0 Å². The first kappa shape index (κ1) is 16.9. The van der Waals surface area contributed by atoms with Crippen molar-refractivity contribution in [2.45, 2.75) is 52.4 Å². The van der Waals surface area contributed by atoms with Gasteiger partial charge in [-0.05, 0) is 58.8 Å². The fraction of sp³-hybridized carbons (Fsp3) is 0.611. The molecule has 0 saturated heterocycles. The largest absolute Gasteiger partial charge is 0.306 e. The summed E-state index contributed by atoms with van der Waals surface area (Å²) in [4.78, 5) is 6.78. The van der Waals surface area contributed by atoms with Gasteiger partial charge in [-0.2, -0.15) is 0 Å². The molecule has 0 N–H and O–H groups in total. The molecule has 0 aliphatic rings. The van der Waals surface area contributed by atoms with Crippen LogP contribution in [-0.2, 0) is 6.42 Å². The summed E-state index contributed by atoms with van der Waals surface area (Å²) in [6.45, 7) is 6.66. The minimum absolute atomic E-state index is 1.05. The fourth-order valence-electron chi connectivity index (χ4n) is 2.23. The van der Waals surface area contributed by atoms with E-state index in [0.717, 1.165) is 13.0 Å². The molecule has 0 spiro atoms. The predicted molar refractivity (Wildman–Crippen MR) is 88.0 cm³/mol. The minimum Gasteiger partial charge on any atom is -0.306 e. The average molecular weight is 274 g/mol. The van der Waals surface area contributed by atoms with Gasteiger partial charge in [-0.25, -0.2) is 0 Å². The first-order chi connectivity index (χ1) is 9.68. The van der Waals surface area contributed by atoms with E-state index in [2.05, 4.69) is 49.0 Å². The van der Waals surface area contributed by atoms with E-state index in [0.29, 0.717) is 0 Å². The molecule has 0 radical (unpaired) electrons. The van der Waals surface area contributed by atoms with Gasteiger partial charge in [-0.15, -0.1) is 0 Å². The molecule has 1 heterocycles. The standard InChI is InChI=1S/C18H30N2/c1-17(2)11-7-5-4-6-10-15-20(3)16-13-18-12-8-9-14-19-18/h8-9,11-12,14H,4-7,10,13,15-16H2,1-3H3. The van der Waals surface area contributed by atoms with Crippen molar-refractivity contribution < 1.29 is 0 Å². The summed E-state index contributed by atoms with van der Waals surface area (Å²) in [7, 11) is 2.21. The normalized spacial score (nSPS) is 10.8. The predicted octanol–water partition coefficient (Wildman–Crippen LogP) is 4.47. The van der Waals surface area contributed by atoms with Crippen LogP contribution in [-0.4, -0.2) is 30.0 Å². The molecule has 0 aliphatic carbocycles. The Hall–Kier alpha value is -1.15. The van der Waals surface area contributed by atoms with Crippen molar-refractivity contribution in [1.82, 2.24) is 9.88 Å². The van der Waals surface area contributed by atoms with Crippen LogP contribution in [0.4, 0.5) is 0 Å². The number of allylic oxidation sites excluding steroid dienone is 2. The van der Waals surface area contributed by atoms with E-state index in [4.69, 9.17) is 0 Å². The highest BCUT2D eigenvalue weighted by molar-refractivity contribution is 5.03. The molecule has 0 saturated carbocycles. The zero-order chi connectivity index (χ0) is 14.6. The highest BCUT2D eigenvalue weighted by atomic mass is 15.1. The molecule has 0 amide bonds. The van der Waals surface area contributed by atoms with Crippen LogP contribution in [0, 0.1) is 0 Å². The highest BCUT2D eigenvalue weighted by Crippen LogP contribution is 2.06. The van der Waals surface area contributed by atoms with E-state index < -0.39 is 0 Å². The summed E-state index contributed by atoms with van der Waals surface area (Å²) in [5.74, 6) is 0. The van der Waals surface area contributed by atoms with Crippen molar-refractivity contribution in [2.24, 2.45) is 0 Å². The summed E-state index contributed by atoms with van der Waals surface area (Å²) >= 11 is 0. The Morgan fingerprint density at radius 3 is 2.60 bits per heavy atom. The molecule has 0 aliphatic heterocycles. The maximum absolute atomic E-state index is 4.36. The summed E-state index contributed by atoms with van der Waals surface area (Å²) < 4.78 is 0. The van der Waals surface area contributed by atoms with Gasteiger partial charge in [0.15, 0.2) is 0 Å². The number of hydrogen-bond acceptors (Lipinski definition) is 2. The third-order valence-electron chi connectivity index (χ3n) is 3.52. The maximum atomic E-state index is 4.36. The van der Waals surface area contributed by atoms with Gasteiger partial charge < -0.3 is 4.90 Å². The van der Waals surface area contributed by atoms with Gasteiger partial charge in [0.05, 0.1) is 0 Å². The second kappa shape index (κ2) is 10.6. The SMILES string of the molecule is CC(C)=CCCCCCCN(C)CCc1ccccn1. The van der Waals surface area contributed by atoms with E-state index in [1.165, 1.54) is 49.9 Å². The molecule has 0 bridgehead atoms. The molecule has 0 aromatic carbocycles. The molecule has 1 aromatic heterocycles. The van der Waals surface area contributed by atoms with E-state index in [9.17, 15) is 0 Å².